The molecule has 1 aliphatic carbocycles. The summed E-state index contributed by atoms with van der Waals surface area (Å²) < 4.78 is 1.24. The second-order valence-corrected chi connectivity index (χ2v) is 6.03. The summed E-state index contributed by atoms with van der Waals surface area (Å²) in [5.41, 5.74) is 7.77. The number of fused-ring (bicyclic) bond motifs is 1. The normalized spacial score (nSPS) is 18.4. The van der Waals surface area contributed by atoms with Crippen molar-refractivity contribution < 1.29 is 0 Å². The van der Waals surface area contributed by atoms with Gasteiger partial charge in [0.2, 0.25) is 0 Å². The molecule has 0 atom stereocenters. The third kappa shape index (κ3) is 2.29. The quantitative estimate of drug-likeness (QED) is 0.601. The van der Waals surface area contributed by atoms with Crippen LogP contribution in [0.3, 0.4) is 0 Å². The molecule has 1 fully saturated rings. The molecular formula is C14H18N2S. The summed E-state index contributed by atoms with van der Waals surface area (Å²) >= 11 is 1.84. The summed E-state index contributed by atoms with van der Waals surface area (Å²) in [6.07, 6.45) is 8.15. The van der Waals surface area contributed by atoms with Crippen LogP contribution in [-0.4, -0.2) is 4.98 Å². The van der Waals surface area contributed by atoms with Crippen molar-refractivity contribution in [1.82, 2.24) is 4.98 Å². The highest BCUT2D eigenvalue weighted by molar-refractivity contribution is 7.18. The molecule has 0 amide bonds. The van der Waals surface area contributed by atoms with Gasteiger partial charge in [-0.1, -0.05) is 25.7 Å². The second kappa shape index (κ2) is 4.65. The smallest absolute Gasteiger partial charge is 0.0969 e. The Hall–Kier alpha value is -1.09. The molecule has 0 unspecified atom stereocenters. The average molecular weight is 246 g/mol. The number of thiazole rings is 1. The molecule has 0 spiro atoms. The highest BCUT2D eigenvalue weighted by Crippen LogP contribution is 2.36. The van der Waals surface area contributed by atoms with E-state index in [0.29, 0.717) is 5.92 Å². The maximum Gasteiger partial charge on any atom is 0.0969 e. The zero-order chi connectivity index (χ0) is 11.7. The number of rotatable bonds is 1. The number of hydrogen-bond acceptors (Lipinski definition) is 3. The lowest BCUT2D eigenvalue weighted by atomic mass is 10.0. The van der Waals surface area contributed by atoms with Crippen molar-refractivity contribution in [2.24, 2.45) is 0 Å². The molecule has 90 valence electrons. The van der Waals surface area contributed by atoms with Gasteiger partial charge in [-0.2, -0.15) is 0 Å². The van der Waals surface area contributed by atoms with E-state index in [-0.39, 0.29) is 0 Å². The van der Waals surface area contributed by atoms with Crippen LogP contribution >= 0.6 is 11.3 Å². The van der Waals surface area contributed by atoms with Crippen molar-refractivity contribution in [3.63, 3.8) is 0 Å². The van der Waals surface area contributed by atoms with E-state index in [1.54, 1.807) is 0 Å². The number of benzene rings is 1. The van der Waals surface area contributed by atoms with Gasteiger partial charge >= 0.3 is 0 Å². The maximum absolute atomic E-state index is 5.82. The van der Waals surface area contributed by atoms with Crippen LogP contribution < -0.4 is 5.73 Å². The minimum atomic E-state index is 0.691. The molecule has 3 rings (SSSR count). The van der Waals surface area contributed by atoms with E-state index in [4.69, 9.17) is 10.7 Å². The molecule has 0 radical (unpaired) electrons. The Kier molecular flexibility index (Phi) is 3.02. The summed E-state index contributed by atoms with van der Waals surface area (Å²) in [4.78, 5) is 4.78. The number of nitrogen functional groups attached to an aromatic ring is 1. The van der Waals surface area contributed by atoms with Crippen LogP contribution in [0.15, 0.2) is 18.2 Å². The van der Waals surface area contributed by atoms with E-state index >= 15 is 0 Å². The van der Waals surface area contributed by atoms with Gasteiger partial charge in [0.05, 0.1) is 15.2 Å². The maximum atomic E-state index is 5.82. The van der Waals surface area contributed by atoms with Gasteiger partial charge in [-0.25, -0.2) is 4.98 Å². The van der Waals surface area contributed by atoms with Crippen molar-refractivity contribution in [3.8, 4) is 0 Å². The van der Waals surface area contributed by atoms with Crippen molar-refractivity contribution in [3.05, 3.63) is 23.2 Å². The van der Waals surface area contributed by atoms with Crippen molar-refractivity contribution >= 4 is 27.2 Å². The second-order valence-electron chi connectivity index (χ2n) is 4.97. The van der Waals surface area contributed by atoms with E-state index < -0.39 is 0 Å². The van der Waals surface area contributed by atoms with Crippen molar-refractivity contribution in [1.29, 1.82) is 0 Å². The molecule has 1 aromatic carbocycles. The summed E-state index contributed by atoms with van der Waals surface area (Å²) in [6, 6.07) is 6.04. The fourth-order valence-electron chi connectivity index (χ4n) is 2.66. The lowest BCUT2D eigenvalue weighted by Gasteiger charge is -2.09. The molecule has 3 heteroatoms. The molecule has 1 saturated carbocycles. The fraction of sp³-hybridized carbons (Fsp3) is 0.500. The Morgan fingerprint density at radius 3 is 2.65 bits per heavy atom. The third-order valence-electron chi connectivity index (χ3n) is 3.63. The van der Waals surface area contributed by atoms with Gasteiger partial charge in [-0.05, 0) is 31.0 Å². The molecule has 0 bridgehead atoms. The van der Waals surface area contributed by atoms with Gasteiger partial charge in [0.1, 0.15) is 0 Å². The molecule has 0 aliphatic heterocycles. The molecule has 1 aromatic heterocycles. The molecule has 17 heavy (non-hydrogen) atoms. The minimum Gasteiger partial charge on any atom is -0.399 e. The monoisotopic (exact) mass is 246 g/mol. The predicted molar refractivity (Wildman–Crippen MR) is 74.5 cm³/mol. The van der Waals surface area contributed by atoms with Gasteiger partial charge in [0, 0.05) is 11.6 Å². The van der Waals surface area contributed by atoms with E-state index in [1.807, 2.05) is 29.5 Å². The highest BCUT2D eigenvalue weighted by atomic mass is 32.1. The molecule has 1 aliphatic rings. The van der Waals surface area contributed by atoms with Crippen LogP contribution in [-0.2, 0) is 0 Å². The molecule has 2 nitrogen and oxygen atoms in total. The zero-order valence-corrected chi connectivity index (χ0v) is 10.8. The van der Waals surface area contributed by atoms with Crippen LogP contribution in [0.25, 0.3) is 10.2 Å². The molecule has 2 aromatic rings. The number of aromatic nitrogens is 1. The number of nitrogens with two attached hydrogens (primary N) is 1. The van der Waals surface area contributed by atoms with E-state index in [1.165, 1.54) is 48.2 Å². The summed E-state index contributed by atoms with van der Waals surface area (Å²) in [6.45, 7) is 0. The van der Waals surface area contributed by atoms with Crippen LogP contribution in [0.4, 0.5) is 5.69 Å². The Bertz CT molecular complexity index is 510. The molecular weight excluding hydrogens is 228 g/mol. The topological polar surface area (TPSA) is 38.9 Å². The van der Waals surface area contributed by atoms with Gasteiger partial charge in [0.25, 0.3) is 0 Å². The van der Waals surface area contributed by atoms with Crippen molar-refractivity contribution in [2.45, 2.75) is 44.4 Å². The van der Waals surface area contributed by atoms with Crippen LogP contribution in [0.5, 0.6) is 0 Å². The van der Waals surface area contributed by atoms with E-state index in [0.717, 1.165) is 11.2 Å². The summed E-state index contributed by atoms with van der Waals surface area (Å²) in [5.74, 6) is 0.691. The lowest BCUT2D eigenvalue weighted by Crippen LogP contribution is -1.95. The Morgan fingerprint density at radius 1 is 1.12 bits per heavy atom. The predicted octanol–water partition coefficient (Wildman–Crippen LogP) is 4.32. The SMILES string of the molecule is Nc1ccc2nc(C3CCCCCC3)sc2c1. The minimum absolute atomic E-state index is 0.691. The van der Waals surface area contributed by atoms with Crippen LogP contribution in [0.2, 0.25) is 0 Å². The number of anilines is 1. The van der Waals surface area contributed by atoms with Crippen LogP contribution in [0.1, 0.15) is 49.5 Å². The van der Waals surface area contributed by atoms with Gasteiger partial charge < -0.3 is 5.73 Å². The largest absolute Gasteiger partial charge is 0.399 e. The molecule has 0 saturated heterocycles. The average Bonchev–Trinajstić information content (AvgIpc) is 2.57. The summed E-state index contributed by atoms with van der Waals surface area (Å²) in [7, 11) is 0. The first-order chi connectivity index (χ1) is 8.33. The Morgan fingerprint density at radius 2 is 1.88 bits per heavy atom. The highest BCUT2D eigenvalue weighted by Gasteiger charge is 2.18. The van der Waals surface area contributed by atoms with Gasteiger partial charge in [-0.15, -0.1) is 11.3 Å². The number of nitrogens with zero attached hydrogens (tertiary/aromatic N) is 1. The van der Waals surface area contributed by atoms with Gasteiger partial charge in [0.15, 0.2) is 0 Å². The van der Waals surface area contributed by atoms with Crippen molar-refractivity contribution in [2.75, 3.05) is 5.73 Å². The van der Waals surface area contributed by atoms with Gasteiger partial charge in [-0.3, -0.25) is 0 Å². The summed E-state index contributed by atoms with van der Waals surface area (Å²) in [5, 5.41) is 1.33. The first kappa shape index (κ1) is 11.0. The Labute approximate surface area is 106 Å². The fourth-order valence-corrected chi connectivity index (χ4v) is 3.84. The third-order valence-corrected chi connectivity index (χ3v) is 4.81. The van der Waals surface area contributed by atoms with E-state index in [2.05, 4.69) is 0 Å². The van der Waals surface area contributed by atoms with Crippen LogP contribution in [0, 0.1) is 0 Å². The first-order valence-electron chi connectivity index (χ1n) is 6.49. The standard InChI is InChI=1S/C14H18N2S/c15-11-7-8-12-13(9-11)17-14(16-12)10-5-3-1-2-4-6-10/h7-10H,1-6,15H2. The van der Waals surface area contributed by atoms with E-state index in [9.17, 15) is 0 Å². The lowest BCUT2D eigenvalue weighted by molar-refractivity contribution is 0.590. The molecule has 2 N–H and O–H groups in total. The zero-order valence-electron chi connectivity index (χ0n) is 9.98. The Balaban J connectivity index is 1.93. The number of hydrogen-bond donors (Lipinski definition) is 1. The molecule has 1 heterocycles. The first-order valence-corrected chi connectivity index (χ1v) is 7.30.